The largest absolute Gasteiger partial charge is 0.460 e. The molecule has 1 rings (SSSR count). The summed E-state index contributed by atoms with van der Waals surface area (Å²) in [5.41, 5.74) is 0.554. The molecule has 0 fully saturated rings. The molecule has 106 valence electrons. The number of carbonyl (C=O) groups is 1. The summed E-state index contributed by atoms with van der Waals surface area (Å²) in [6, 6.07) is 8.90. The van der Waals surface area contributed by atoms with Crippen LogP contribution in [0.25, 0.3) is 0 Å². The molecule has 1 aromatic rings. The van der Waals surface area contributed by atoms with Gasteiger partial charge in [0, 0.05) is 6.54 Å². The van der Waals surface area contributed by atoms with Crippen LogP contribution in [-0.4, -0.2) is 52.6 Å². The summed E-state index contributed by atoms with van der Waals surface area (Å²) < 4.78 is 15.6. The highest BCUT2D eigenvalue weighted by molar-refractivity contribution is 5.89. The van der Waals surface area contributed by atoms with Gasteiger partial charge in [0.2, 0.25) is 0 Å². The van der Waals surface area contributed by atoms with Crippen LogP contribution in [0.5, 0.6) is 0 Å². The van der Waals surface area contributed by atoms with Crippen LogP contribution >= 0.6 is 0 Å². The Morgan fingerprint density at radius 1 is 1.00 bits per heavy atom. The van der Waals surface area contributed by atoms with Crippen LogP contribution in [0, 0.1) is 0 Å². The van der Waals surface area contributed by atoms with Crippen LogP contribution in [0.3, 0.4) is 0 Å². The van der Waals surface area contributed by atoms with Crippen LogP contribution < -0.4 is 5.32 Å². The molecule has 0 atom stereocenters. The van der Waals surface area contributed by atoms with E-state index in [0.717, 1.165) is 6.54 Å². The summed E-state index contributed by atoms with van der Waals surface area (Å²) in [4.78, 5) is 11.5. The predicted octanol–water partition coefficient (Wildman–Crippen LogP) is 1.10. The van der Waals surface area contributed by atoms with Gasteiger partial charge in [0.1, 0.15) is 6.61 Å². The third-order valence-electron chi connectivity index (χ3n) is 2.34. The van der Waals surface area contributed by atoms with E-state index in [1.165, 1.54) is 0 Å². The van der Waals surface area contributed by atoms with Crippen molar-refractivity contribution in [3.8, 4) is 0 Å². The lowest BCUT2D eigenvalue weighted by Crippen LogP contribution is -2.17. The highest BCUT2D eigenvalue weighted by Gasteiger charge is 2.04. The number of carbonyl (C=O) groups excluding carboxylic acids is 1. The maximum Gasteiger partial charge on any atom is 0.338 e. The normalized spacial score (nSPS) is 10.4. The molecule has 1 aromatic carbocycles. The van der Waals surface area contributed by atoms with Crippen LogP contribution in [-0.2, 0) is 14.2 Å². The first kappa shape index (κ1) is 15.6. The number of likely N-dealkylation sites (N-methyl/N-ethyl adjacent to an activating group) is 1. The molecule has 1 N–H and O–H groups in total. The molecule has 5 nitrogen and oxygen atoms in total. The van der Waals surface area contributed by atoms with Crippen molar-refractivity contribution in [1.82, 2.24) is 5.32 Å². The molecule has 0 unspecified atom stereocenters. The summed E-state index contributed by atoms with van der Waals surface area (Å²) in [5, 5.41) is 2.98. The third-order valence-corrected chi connectivity index (χ3v) is 2.34. The fraction of sp³-hybridized carbons (Fsp3) is 0.500. The molecule has 0 saturated heterocycles. The van der Waals surface area contributed by atoms with E-state index in [9.17, 15) is 4.79 Å². The molecule has 0 aliphatic rings. The molecule has 0 aromatic heterocycles. The predicted molar refractivity (Wildman–Crippen MR) is 72.3 cm³/mol. The fourth-order valence-electron chi connectivity index (χ4n) is 1.35. The van der Waals surface area contributed by atoms with E-state index in [1.807, 2.05) is 13.1 Å². The molecule has 0 amide bonds. The lowest BCUT2D eigenvalue weighted by atomic mass is 10.2. The second kappa shape index (κ2) is 10.5. The molecule has 0 spiro atoms. The van der Waals surface area contributed by atoms with Crippen LogP contribution in [0.1, 0.15) is 10.4 Å². The first-order chi connectivity index (χ1) is 9.34. The van der Waals surface area contributed by atoms with Crippen molar-refractivity contribution >= 4 is 5.97 Å². The average molecular weight is 267 g/mol. The number of ether oxygens (including phenoxy) is 3. The Balaban J connectivity index is 1.95. The van der Waals surface area contributed by atoms with E-state index in [2.05, 4.69) is 5.32 Å². The van der Waals surface area contributed by atoms with Gasteiger partial charge in [-0.3, -0.25) is 0 Å². The SMILES string of the molecule is CNCCOCCOCCOC(=O)c1ccccc1. The number of benzene rings is 1. The number of nitrogens with one attached hydrogen (secondary N) is 1. The first-order valence-electron chi connectivity index (χ1n) is 6.37. The highest BCUT2D eigenvalue weighted by Crippen LogP contribution is 2.00. The van der Waals surface area contributed by atoms with Crippen molar-refractivity contribution in [2.45, 2.75) is 0 Å². The minimum atomic E-state index is -0.325. The molecular weight excluding hydrogens is 246 g/mol. The Kier molecular flexibility index (Phi) is 8.63. The zero-order valence-corrected chi connectivity index (χ0v) is 11.3. The topological polar surface area (TPSA) is 56.8 Å². The Morgan fingerprint density at radius 3 is 2.32 bits per heavy atom. The van der Waals surface area contributed by atoms with Gasteiger partial charge in [0.25, 0.3) is 0 Å². The van der Waals surface area contributed by atoms with Crippen molar-refractivity contribution in [1.29, 1.82) is 0 Å². The lowest BCUT2D eigenvalue weighted by Gasteiger charge is -2.06. The zero-order chi connectivity index (χ0) is 13.8. The minimum Gasteiger partial charge on any atom is -0.460 e. The molecule has 0 heterocycles. The van der Waals surface area contributed by atoms with Gasteiger partial charge in [-0.1, -0.05) is 18.2 Å². The number of hydrogen-bond acceptors (Lipinski definition) is 5. The van der Waals surface area contributed by atoms with E-state index in [1.54, 1.807) is 24.3 Å². The van der Waals surface area contributed by atoms with Gasteiger partial charge >= 0.3 is 5.97 Å². The molecular formula is C14H21NO4. The van der Waals surface area contributed by atoms with Gasteiger partial charge in [-0.15, -0.1) is 0 Å². The Labute approximate surface area is 113 Å². The van der Waals surface area contributed by atoms with Crippen molar-refractivity contribution < 1.29 is 19.0 Å². The molecule has 5 heteroatoms. The quantitative estimate of drug-likeness (QED) is 0.508. The highest BCUT2D eigenvalue weighted by atomic mass is 16.6. The van der Waals surface area contributed by atoms with Gasteiger partial charge in [0.05, 0.1) is 32.0 Å². The molecule has 0 bridgehead atoms. The van der Waals surface area contributed by atoms with Gasteiger partial charge < -0.3 is 19.5 Å². The Bertz CT molecular complexity index is 343. The summed E-state index contributed by atoms with van der Waals surface area (Å²) in [6.07, 6.45) is 0. The fourth-order valence-corrected chi connectivity index (χ4v) is 1.35. The van der Waals surface area contributed by atoms with Crippen LogP contribution in [0.15, 0.2) is 30.3 Å². The summed E-state index contributed by atoms with van der Waals surface area (Å²) in [6.45, 7) is 3.19. The van der Waals surface area contributed by atoms with E-state index in [-0.39, 0.29) is 12.6 Å². The van der Waals surface area contributed by atoms with E-state index in [0.29, 0.717) is 32.0 Å². The van der Waals surface area contributed by atoms with Gasteiger partial charge in [-0.2, -0.15) is 0 Å². The van der Waals surface area contributed by atoms with Crippen molar-refractivity contribution in [2.24, 2.45) is 0 Å². The number of rotatable bonds is 10. The van der Waals surface area contributed by atoms with Crippen LogP contribution in [0.2, 0.25) is 0 Å². The van der Waals surface area contributed by atoms with Crippen LogP contribution in [0.4, 0.5) is 0 Å². The number of esters is 1. The van der Waals surface area contributed by atoms with Gasteiger partial charge in [-0.25, -0.2) is 4.79 Å². The minimum absolute atomic E-state index is 0.254. The molecule has 0 saturated carbocycles. The summed E-state index contributed by atoms with van der Waals surface area (Å²) >= 11 is 0. The van der Waals surface area contributed by atoms with Gasteiger partial charge in [0.15, 0.2) is 0 Å². The smallest absolute Gasteiger partial charge is 0.338 e. The third kappa shape index (κ3) is 7.56. The van der Waals surface area contributed by atoms with Crippen molar-refractivity contribution in [3.05, 3.63) is 35.9 Å². The molecule has 0 aliphatic carbocycles. The maximum absolute atomic E-state index is 11.5. The van der Waals surface area contributed by atoms with E-state index in [4.69, 9.17) is 14.2 Å². The Hall–Kier alpha value is -1.43. The standard InChI is InChI=1S/C14H21NO4/c1-15-7-8-17-9-10-18-11-12-19-14(16)13-5-3-2-4-6-13/h2-6,15H,7-12H2,1H3. The Morgan fingerprint density at radius 2 is 1.63 bits per heavy atom. The van der Waals surface area contributed by atoms with E-state index >= 15 is 0 Å². The lowest BCUT2D eigenvalue weighted by molar-refractivity contribution is 0.0152. The zero-order valence-electron chi connectivity index (χ0n) is 11.3. The van der Waals surface area contributed by atoms with Crippen molar-refractivity contribution in [2.75, 3.05) is 46.6 Å². The van der Waals surface area contributed by atoms with E-state index < -0.39 is 0 Å². The summed E-state index contributed by atoms with van der Waals surface area (Å²) in [5.74, 6) is -0.325. The second-order valence-corrected chi connectivity index (χ2v) is 3.83. The molecule has 0 radical (unpaired) electrons. The second-order valence-electron chi connectivity index (χ2n) is 3.83. The summed E-state index contributed by atoms with van der Waals surface area (Å²) in [7, 11) is 1.88. The molecule has 0 aliphatic heterocycles. The van der Waals surface area contributed by atoms with Crippen molar-refractivity contribution in [3.63, 3.8) is 0 Å². The monoisotopic (exact) mass is 267 g/mol. The molecule has 19 heavy (non-hydrogen) atoms. The van der Waals surface area contributed by atoms with Gasteiger partial charge in [-0.05, 0) is 19.2 Å². The number of hydrogen-bond donors (Lipinski definition) is 1. The average Bonchev–Trinajstić information content (AvgIpc) is 2.46. The first-order valence-corrected chi connectivity index (χ1v) is 6.37. The maximum atomic E-state index is 11.5.